The van der Waals surface area contributed by atoms with E-state index in [2.05, 4.69) is 6.92 Å². The van der Waals surface area contributed by atoms with Gasteiger partial charge in [0, 0.05) is 6.61 Å². The Labute approximate surface area is 154 Å². The third-order valence-electron chi connectivity index (χ3n) is 6.73. The van der Waals surface area contributed by atoms with Crippen molar-refractivity contribution in [3.63, 3.8) is 0 Å². The maximum absolute atomic E-state index is 6.15. The van der Waals surface area contributed by atoms with Gasteiger partial charge in [0.1, 0.15) is 15.7 Å². The highest BCUT2D eigenvalue weighted by atomic mass is 32.2. The van der Waals surface area contributed by atoms with E-state index in [0.717, 1.165) is 33.3 Å². The topological polar surface area (TPSA) is 9.23 Å². The fourth-order valence-electron chi connectivity index (χ4n) is 5.36. The van der Waals surface area contributed by atoms with Gasteiger partial charge < -0.3 is 4.74 Å². The van der Waals surface area contributed by atoms with Gasteiger partial charge in [-0.3, -0.25) is 0 Å². The molecule has 0 bridgehead atoms. The van der Waals surface area contributed by atoms with Crippen molar-refractivity contribution in [3.8, 4) is 0 Å². The summed E-state index contributed by atoms with van der Waals surface area (Å²) in [6.45, 7) is 3.27. The highest BCUT2D eigenvalue weighted by Crippen LogP contribution is 2.40. The van der Waals surface area contributed by atoms with E-state index >= 15 is 0 Å². The summed E-state index contributed by atoms with van der Waals surface area (Å²) in [5.74, 6) is 0. The molecule has 0 aromatic carbocycles. The molecule has 3 rings (SSSR count). The lowest BCUT2D eigenvalue weighted by Crippen LogP contribution is -2.44. The summed E-state index contributed by atoms with van der Waals surface area (Å²) in [4.78, 5) is 0. The van der Waals surface area contributed by atoms with Gasteiger partial charge >= 0.3 is 0 Å². The van der Waals surface area contributed by atoms with E-state index in [4.69, 9.17) is 4.74 Å². The first-order valence-corrected chi connectivity index (χ1v) is 12.6. The van der Waals surface area contributed by atoms with Crippen LogP contribution in [0.4, 0.5) is 0 Å². The Balaban J connectivity index is 1.55. The smallest absolute Gasteiger partial charge is 0.119 e. The highest BCUT2D eigenvalue weighted by molar-refractivity contribution is 7.98. The van der Waals surface area contributed by atoms with Crippen molar-refractivity contribution < 1.29 is 4.74 Å². The lowest BCUT2D eigenvalue weighted by molar-refractivity contribution is 0.0277. The van der Waals surface area contributed by atoms with Gasteiger partial charge in [-0.25, -0.2) is 0 Å². The zero-order chi connectivity index (χ0) is 16.6. The van der Waals surface area contributed by atoms with Gasteiger partial charge in [-0.05, 0) is 94.4 Å². The van der Waals surface area contributed by atoms with Crippen molar-refractivity contribution in [2.24, 2.45) is 0 Å². The van der Waals surface area contributed by atoms with Crippen LogP contribution in [0.25, 0.3) is 0 Å². The number of unbranched alkanes of at least 4 members (excludes halogenated alkanes) is 1. The van der Waals surface area contributed by atoms with E-state index in [1.165, 1.54) is 77.0 Å². The summed E-state index contributed by atoms with van der Waals surface area (Å²) in [6.07, 6.45) is 24.1. The molecule has 24 heavy (non-hydrogen) atoms. The second-order valence-corrected chi connectivity index (χ2v) is 11.4. The predicted molar refractivity (Wildman–Crippen MR) is 108 cm³/mol. The summed E-state index contributed by atoms with van der Waals surface area (Å²) < 4.78 is 6.15. The minimum atomic E-state index is 0.593. The van der Waals surface area contributed by atoms with Crippen LogP contribution in [0.3, 0.4) is 0 Å². The van der Waals surface area contributed by atoms with Crippen molar-refractivity contribution in [3.05, 3.63) is 0 Å². The maximum Gasteiger partial charge on any atom is 0.119 e. The van der Waals surface area contributed by atoms with E-state index in [1.54, 1.807) is 25.7 Å². The molecule has 0 heterocycles. The lowest BCUT2D eigenvalue weighted by Gasteiger charge is -2.37. The summed E-state index contributed by atoms with van der Waals surface area (Å²) in [7, 11) is 0.738. The number of hydrogen-bond donors (Lipinski definition) is 0. The van der Waals surface area contributed by atoms with E-state index < -0.39 is 0 Å². The fourth-order valence-corrected chi connectivity index (χ4v) is 9.56. The first-order chi connectivity index (χ1) is 11.9. The molecule has 1 nitrogen and oxygen atoms in total. The second kappa shape index (κ2) is 10.5. The molecule has 3 aliphatic carbocycles. The molecule has 3 fully saturated rings. The average molecular weight is 354 g/mol. The third kappa shape index (κ3) is 5.40. The minimum absolute atomic E-state index is 0.593. The van der Waals surface area contributed by atoms with Crippen LogP contribution < -0.4 is 0 Å². The van der Waals surface area contributed by atoms with Crippen molar-refractivity contribution in [2.75, 3.05) is 6.61 Å². The molecule has 0 atom stereocenters. The third-order valence-corrected chi connectivity index (χ3v) is 10.5. The summed E-state index contributed by atoms with van der Waals surface area (Å²) in [6, 6.07) is 0. The highest BCUT2D eigenvalue weighted by Gasteiger charge is 2.46. The molecular weight excluding hydrogens is 312 g/mol. The molecular formula is C22H41OS+. The number of hydrogen-bond acceptors (Lipinski definition) is 1. The normalized spacial score (nSPS) is 30.8. The van der Waals surface area contributed by atoms with E-state index in [-0.39, 0.29) is 0 Å². The Bertz CT molecular complexity index is 307. The SMILES string of the molecule is CCCCOC1CCC([S+](C2CCCCC2)C2CCCCC2)CC1. The van der Waals surface area contributed by atoms with Crippen molar-refractivity contribution in [2.45, 2.75) is 132 Å². The first-order valence-electron chi connectivity index (χ1n) is 11.2. The molecule has 0 unspecified atom stereocenters. The van der Waals surface area contributed by atoms with Gasteiger partial charge in [0.05, 0.1) is 6.10 Å². The molecule has 0 aliphatic heterocycles. The largest absolute Gasteiger partial charge is 0.378 e. The Kier molecular flexibility index (Phi) is 8.31. The summed E-state index contributed by atoms with van der Waals surface area (Å²) in [5, 5.41) is 3.26. The Morgan fingerprint density at radius 2 is 1.17 bits per heavy atom. The van der Waals surface area contributed by atoms with Gasteiger partial charge in [-0.2, -0.15) is 0 Å². The number of rotatable bonds is 7. The molecule has 3 saturated carbocycles. The fraction of sp³-hybridized carbons (Fsp3) is 1.00. The van der Waals surface area contributed by atoms with Gasteiger partial charge in [-0.15, -0.1) is 0 Å². The summed E-state index contributed by atoms with van der Waals surface area (Å²) >= 11 is 0. The van der Waals surface area contributed by atoms with Crippen molar-refractivity contribution in [1.29, 1.82) is 0 Å². The Morgan fingerprint density at radius 3 is 1.67 bits per heavy atom. The molecule has 0 radical (unpaired) electrons. The van der Waals surface area contributed by atoms with Crippen molar-refractivity contribution in [1.82, 2.24) is 0 Å². The van der Waals surface area contributed by atoms with Crippen LogP contribution in [0.5, 0.6) is 0 Å². The molecule has 0 spiro atoms. The molecule has 0 aromatic heterocycles. The zero-order valence-corrected chi connectivity index (χ0v) is 17.0. The molecule has 2 heteroatoms. The zero-order valence-electron chi connectivity index (χ0n) is 16.1. The van der Waals surface area contributed by atoms with Crippen LogP contribution in [0.2, 0.25) is 0 Å². The van der Waals surface area contributed by atoms with Crippen LogP contribution in [-0.4, -0.2) is 28.5 Å². The van der Waals surface area contributed by atoms with Gasteiger partial charge in [0.2, 0.25) is 0 Å². The standard InChI is InChI=1S/C22H41OS/c1-2-3-18-23-19-14-16-22(17-15-19)24(20-10-6-4-7-11-20)21-12-8-5-9-13-21/h19-22H,2-18H2,1H3/q+1. The molecule has 3 aliphatic rings. The van der Waals surface area contributed by atoms with E-state index in [0.29, 0.717) is 6.10 Å². The van der Waals surface area contributed by atoms with Crippen LogP contribution in [0, 0.1) is 0 Å². The van der Waals surface area contributed by atoms with E-state index in [9.17, 15) is 0 Å². The molecule has 0 N–H and O–H groups in total. The molecule has 140 valence electrons. The van der Waals surface area contributed by atoms with Crippen LogP contribution in [-0.2, 0) is 15.6 Å². The Morgan fingerprint density at radius 1 is 0.667 bits per heavy atom. The second-order valence-electron chi connectivity index (χ2n) is 8.55. The molecule has 0 saturated heterocycles. The van der Waals surface area contributed by atoms with E-state index in [1.807, 2.05) is 0 Å². The van der Waals surface area contributed by atoms with Crippen LogP contribution >= 0.6 is 0 Å². The summed E-state index contributed by atoms with van der Waals surface area (Å²) in [5.41, 5.74) is 0. The minimum Gasteiger partial charge on any atom is -0.378 e. The first kappa shape index (κ1) is 19.1. The van der Waals surface area contributed by atoms with Gasteiger partial charge in [0.15, 0.2) is 0 Å². The van der Waals surface area contributed by atoms with Gasteiger partial charge in [-0.1, -0.05) is 26.2 Å². The molecule has 0 amide bonds. The van der Waals surface area contributed by atoms with Gasteiger partial charge in [0.25, 0.3) is 0 Å². The lowest BCUT2D eigenvalue weighted by atomic mass is 9.97. The van der Waals surface area contributed by atoms with Crippen molar-refractivity contribution >= 4 is 10.9 Å². The molecule has 0 aromatic rings. The average Bonchev–Trinajstić information content (AvgIpc) is 2.65. The maximum atomic E-state index is 6.15. The number of ether oxygens (including phenoxy) is 1. The van der Waals surface area contributed by atoms with Crippen LogP contribution in [0.1, 0.15) is 110 Å². The predicted octanol–water partition coefficient (Wildman–Crippen LogP) is 6.40. The van der Waals surface area contributed by atoms with Crippen LogP contribution in [0.15, 0.2) is 0 Å². The Hall–Kier alpha value is 0.310. The monoisotopic (exact) mass is 353 g/mol. The quantitative estimate of drug-likeness (QED) is 0.380.